The molecule has 3 aromatic heterocycles. The van der Waals surface area contributed by atoms with Crippen LogP contribution in [-0.4, -0.2) is 10.9 Å². The standard InChI is InChI=1S/C21H16FN3O2S/c22-11-6-8-12(9-7-11)24-20(26)19-18(23)17-16(15-5-2-10-27-15)13-3-1-4-14(13)25-21(17)28-19/h2,5-10H,1,3-4,23H2,(H,24,26). The van der Waals surface area contributed by atoms with E-state index >= 15 is 0 Å². The molecule has 5 rings (SSSR count). The number of fused-ring (bicyclic) bond motifs is 2. The molecule has 0 bridgehead atoms. The van der Waals surface area contributed by atoms with Crippen LogP contribution >= 0.6 is 11.3 Å². The predicted molar refractivity (Wildman–Crippen MR) is 108 cm³/mol. The topological polar surface area (TPSA) is 81.2 Å². The largest absolute Gasteiger partial charge is 0.464 e. The number of nitrogens with two attached hydrogens (primary N) is 1. The maximum absolute atomic E-state index is 13.1. The molecule has 0 unspecified atom stereocenters. The summed E-state index contributed by atoms with van der Waals surface area (Å²) < 4.78 is 18.8. The van der Waals surface area contributed by atoms with Gasteiger partial charge in [0.25, 0.3) is 5.91 Å². The fourth-order valence-corrected chi connectivity index (χ4v) is 4.75. The van der Waals surface area contributed by atoms with E-state index in [1.807, 2.05) is 12.1 Å². The third-order valence-electron chi connectivity index (χ3n) is 4.98. The Morgan fingerprint density at radius 2 is 2.04 bits per heavy atom. The summed E-state index contributed by atoms with van der Waals surface area (Å²) in [5, 5.41) is 3.54. The molecule has 0 saturated heterocycles. The molecule has 0 radical (unpaired) electrons. The number of aromatic nitrogens is 1. The van der Waals surface area contributed by atoms with Crippen molar-refractivity contribution in [3.63, 3.8) is 0 Å². The van der Waals surface area contributed by atoms with Crippen molar-refractivity contribution < 1.29 is 13.6 Å². The van der Waals surface area contributed by atoms with Gasteiger partial charge in [-0.1, -0.05) is 0 Å². The first-order valence-corrected chi connectivity index (χ1v) is 9.78. The van der Waals surface area contributed by atoms with Gasteiger partial charge in [-0.05, 0) is 61.2 Å². The number of nitrogen functional groups attached to an aromatic ring is 1. The normalized spacial score (nSPS) is 13.0. The molecule has 1 aliphatic carbocycles. The van der Waals surface area contributed by atoms with Crippen LogP contribution in [0.25, 0.3) is 21.5 Å². The van der Waals surface area contributed by atoms with E-state index in [0.717, 1.165) is 52.1 Å². The number of thiophene rings is 1. The Kier molecular flexibility index (Phi) is 3.91. The molecule has 140 valence electrons. The zero-order chi connectivity index (χ0) is 19.3. The highest BCUT2D eigenvalue weighted by atomic mass is 32.1. The Balaban J connectivity index is 1.64. The number of nitrogens with zero attached hydrogens (tertiary/aromatic N) is 1. The molecule has 5 nitrogen and oxygen atoms in total. The Morgan fingerprint density at radius 1 is 1.21 bits per heavy atom. The lowest BCUT2D eigenvalue weighted by atomic mass is 10.0. The lowest BCUT2D eigenvalue weighted by Gasteiger charge is -2.09. The third-order valence-corrected chi connectivity index (χ3v) is 6.08. The Bertz CT molecular complexity index is 1200. The molecule has 3 heterocycles. The molecular weight excluding hydrogens is 377 g/mol. The predicted octanol–water partition coefficient (Wildman–Crippen LogP) is 5.02. The molecular formula is C21H16FN3O2S. The third kappa shape index (κ3) is 2.66. The number of nitrogens with one attached hydrogen (secondary N) is 1. The molecule has 28 heavy (non-hydrogen) atoms. The van der Waals surface area contributed by atoms with E-state index in [-0.39, 0.29) is 11.7 Å². The number of hydrogen-bond acceptors (Lipinski definition) is 5. The van der Waals surface area contributed by atoms with Crippen LogP contribution in [0.2, 0.25) is 0 Å². The first-order valence-electron chi connectivity index (χ1n) is 8.96. The van der Waals surface area contributed by atoms with Crippen molar-refractivity contribution in [2.75, 3.05) is 11.1 Å². The Hall–Kier alpha value is -3.19. The summed E-state index contributed by atoms with van der Waals surface area (Å²) in [5.74, 6) is 0.0411. The molecule has 0 saturated carbocycles. The van der Waals surface area contributed by atoms with E-state index in [9.17, 15) is 9.18 Å². The first-order chi connectivity index (χ1) is 13.6. The van der Waals surface area contributed by atoms with Gasteiger partial charge in [0.1, 0.15) is 21.3 Å². The second kappa shape index (κ2) is 6.45. The Morgan fingerprint density at radius 3 is 2.79 bits per heavy atom. The zero-order valence-electron chi connectivity index (χ0n) is 14.8. The van der Waals surface area contributed by atoms with E-state index in [1.54, 1.807) is 6.26 Å². The quantitative estimate of drug-likeness (QED) is 0.512. The first kappa shape index (κ1) is 16.9. The number of furan rings is 1. The summed E-state index contributed by atoms with van der Waals surface area (Å²) in [5.41, 5.74) is 10.5. The molecule has 0 fully saturated rings. The van der Waals surface area contributed by atoms with Crippen LogP contribution in [0.3, 0.4) is 0 Å². The second-order valence-corrected chi connectivity index (χ2v) is 7.73. The van der Waals surface area contributed by atoms with Crippen molar-refractivity contribution >= 4 is 38.8 Å². The maximum Gasteiger partial charge on any atom is 0.267 e. The van der Waals surface area contributed by atoms with Crippen LogP contribution in [0.4, 0.5) is 15.8 Å². The fourth-order valence-electron chi connectivity index (χ4n) is 3.73. The minimum Gasteiger partial charge on any atom is -0.464 e. The number of aryl methyl sites for hydroxylation is 1. The van der Waals surface area contributed by atoms with Crippen LogP contribution < -0.4 is 11.1 Å². The molecule has 7 heteroatoms. The van der Waals surface area contributed by atoms with Gasteiger partial charge in [0, 0.05) is 22.3 Å². The molecule has 4 aromatic rings. The van der Waals surface area contributed by atoms with Gasteiger partial charge in [0.15, 0.2) is 0 Å². The molecule has 0 atom stereocenters. The van der Waals surface area contributed by atoms with Gasteiger partial charge in [-0.2, -0.15) is 0 Å². The van der Waals surface area contributed by atoms with Gasteiger partial charge in [-0.15, -0.1) is 11.3 Å². The maximum atomic E-state index is 13.1. The minimum absolute atomic E-state index is 0.335. The van der Waals surface area contributed by atoms with Gasteiger partial charge in [-0.25, -0.2) is 9.37 Å². The van der Waals surface area contributed by atoms with Gasteiger partial charge < -0.3 is 15.5 Å². The summed E-state index contributed by atoms with van der Waals surface area (Å²) in [6, 6.07) is 9.36. The SMILES string of the molecule is Nc1c(C(=O)Nc2ccc(F)cc2)sc2nc3c(c(-c4ccco4)c12)CCC3. The van der Waals surface area contributed by atoms with E-state index < -0.39 is 0 Å². The number of carbonyl (C=O) groups excluding carboxylic acids is 1. The summed E-state index contributed by atoms with van der Waals surface area (Å²) in [6.07, 6.45) is 4.51. The number of benzene rings is 1. The number of halogens is 1. The van der Waals surface area contributed by atoms with Gasteiger partial charge in [0.05, 0.1) is 12.0 Å². The average Bonchev–Trinajstić information content (AvgIpc) is 3.42. The molecule has 1 amide bonds. The lowest BCUT2D eigenvalue weighted by Crippen LogP contribution is -2.11. The van der Waals surface area contributed by atoms with Gasteiger partial charge in [0.2, 0.25) is 0 Å². The van der Waals surface area contributed by atoms with Crippen molar-refractivity contribution in [1.29, 1.82) is 0 Å². The van der Waals surface area contributed by atoms with E-state index in [1.165, 1.54) is 35.6 Å². The molecule has 0 spiro atoms. The number of anilines is 2. The second-order valence-electron chi connectivity index (χ2n) is 6.73. The fraction of sp³-hybridized carbons (Fsp3) is 0.143. The summed E-state index contributed by atoms with van der Waals surface area (Å²) >= 11 is 1.27. The zero-order valence-corrected chi connectivity index (χ0v) is 15.6. The average molecular weight is 393 g/mol. The van der Waals surface area contributed by atoms with Crippen LogP contribution in [0.1, 0.15) is 27.3 Å². The number of amides is 1. The number of carbonyl (C=O) groups is 1. The van der Waals surface area contributed by atoms with Crippen LogP contribution in [0.5, 0.6) is 0 Å². The molecule has 1 aliphatic rings. The number of pyridine rings is 1. The van der Waals surface area contributed by atoms with E-state index in [2.05, 4.69) is 5.32 Å². The smallest absolute Gasteiger partial charge is 0.267 e. The van der Waals surface area contributed by atoms with Gasteiger partial charge in [-0.3, -0.25) is 4.79 Å². The molecule has 0 aliphatic heterocycles. The summed E-state index contributed by atoms with van der Waals surface area (Å²) in [4.78, 5) is 18.7. The van der Waals surface area contributed by atoms with Crippen molar-refractivity contribution in [2.24, 2.45) is 0 Å². The van der Waals surface area contributed by atoms with E-state index in [4.69, 9.17) is 15.1 Å². The highest BCUT2D eigenvalue weighted by molar-refractivity contribution is 7.21. The van der Waals surface area contributed by atoms with Gasteiger partial charge >= 0.3 is 0 Å². The van der Waals surface area contributed by atoms with Crippen LogP contribution in [0.15, 0.2) is 47.1 Å². The summed E-state index contributed by atoms with van der Waals surface area (Å²) in [6.45, 7) is 0. The van der Waals surface area contributed by atoms with E-state index in [0.29, 0.717) is 16.3 Å². The van der Waals surface area contributed by atoms with Crippen molar-refractivity contribution in [3.8, 4) is 11.3 Å². The highest BCUT2D eigenvalue weighted by Crippen LogP contribution is 2.44. The van der Waals surface area contributed by atoms with Crippen molar-refractivity contribution in [3.05, 3.63) is 64.6 Å². The monoisotopic (exact) mass is 393 g/mol. The van der Waals surface area contributed by atoms with Crippen molar-refractivity contribution in [2.45, 2.75) is 19.3 Å². The molecule has 3 N–H and O–H groups in total. The number of hydrogen-bond donors (Lipinski definition) is 2. The van der Waals surface area contributed by atoms with Crippen molar-refractivity contribution in [1.82, 2.24) is 4.98 Å². The molecule has 1 aromatic carbocycles. The lowest BCUT2D eigenvalue weighted by molar-refractivity contribution is 0.103. The number of rotatable bonds is 3. The van der Waals surface area contributed by atoms with Crippen LogP contribution in [0, 0.1) is 5.82 Å². The Labute approximate surface area is 164 Å². The minimum atomic E-state index is -0.360. The highest BCUT2D eigenvalue weighted by Gasteiger charge is 2.27. The summed E-state index contributed by atoms with van der Waals surface area (Å²) in [7, 11) is 0. The van der Waals surface area contributed by atoms with Crippen LogP contribution in [-0.2, 0) is 12.8 Å².